The molecular weight excluding hydrogens is 474 g/mol. The van der Waals surface area contributed by atoms with Crippen molar-refractivity contribution in [3.63, 3.8) is 0 Å². The number of amides is 2. The quantitative estimate of drug-likeness (QED) is 0.120. The number of fused-ring (bicyclic) bond motifs is 1. The largest absolute Gasteiger partial charge is 0.477 e. The van der Waals surface area contributed by atoms with E-state index in [0.717, 1.165) is 4.90 Å². The molecule has 1 fully saturated rings. The van der Waals surface area contributed by atoms with Crippen LogP contribution in [0.3, 0.4) is 0 Å². The van der Waals surface area contributed by atoms with Gasteiger partial charge in [0.2, 0.25) is 5.16 Å². The number of aryl methyl sites for hydroxylation is 1. The molecule has 0 aromatic carbocycles. The Balaban J connectivity index is 1.49. The lowest BCUT2D eigenvalue weighted by Gasteiger charge is -2.49. The van der Waals surface area contributed by atoms with Crippen LogP contribution < -0.4 is 11.1 Å². The Bertz CT molecular complexity index is 1200. The molecule has 2 aliphatic rings. The molecule has 2 aliphatic heterocycles. The zero-order valence-electron chi connectivity index (χ0n) is 16.9. The van der Waals surface area contributed by atoms with E-state index in [9.17, 15) is 24.7 Å². The average Bonchev–Trinajstić information content (AvgIpc) is 3.20. The number of carbonyl (C=O) groups excluding carboxylic acids is 2. The van der Waals surface area contributed by atoms with Crippen LogP contribution in [0.5, 0.6) is 0 Å². The van der Waals surface area contributed by atoms with Crippen LogP contribution in [-0.4, -0.2) is 86.8 Å². The number of tetrazole rings is 1. The van der Waals surface area contributed by atoms with Crippen molar-refractivity contribution in [2.24, 2.45) is 12.2 Å². The minimum atomic E-state index is -1.24. The minimum Gasteiger partial charge on any atom is -0.477 e. The molecule has 2 aromatic rings. The molecule has 2 aromatic heterocycles. The Morgan fingerprint density at radius 2 is 2.21 bits per heavy atom. The van der Waals surface area contributed by atoms with Crippen LogP contribution in [0.1, 0.15) is 5.69 Å². The predicted octanol–water partition coefficient (Wildman–Crippen LogP) is -1.10. The molecule has 4 rings (SSSR count). The van der Waals surface area contributed by atoms with Gasteiger partial charge in [0.05, 0.1) is 0 Å². The molecule has 0 bridgehead atoms. The summed E-state index contributed by atoms with van der Waals surface area (Å²) in [5.74, 6) is -1.94. The fourth-order valence-electron chi connectivity index (χ4n) is 3.30. The summed E-state index contributed by atoms with van der Waals surface area (Å²) in [6.07, 6.45) is 0. The summed E-state index contributed by atoms with van der Waals surface area (Å²) in [6.45, 7) is 0. The number of rotatable bonds is 7. The maximum absolute atomic E-state index is 12.8. The molecule has 2 amide bonds. The fourth-order valence-corrected chi connectivity index (χ4v) is 5.63. The summed E-state index contributed by atoms with van der Waals surface area (Å²) < 4.78 is 1.46. The van der Waals surface area contributed by atoms with Gasteiger partial charge in [0.15, 0.2) is 5.71 Å². The van der Waals surface area contributed by atoms with Crippen molar-refractivity contribution in [2.45, 2.75) is 16.6 Å². The topological polar surface area (TPSA) is 202 Å². The second kappa shape index (κ2) is 9.07. The van der Waals surface area contributed by atoms with Crippen LogP contribution in [0.15, 0.2) is 39.8 Å². The number of carboxylic acids is 1. The zero-order valence-corrected chi connectivity index (χ0v) is 18.6. The number of pyridine rings is 1. The number of nitrogens with two attached hydrogens (primary N) is 1. The predicted molar refractivity (Wildman–Crippen MR) is 116 cm³/mol. The van der Waals surface area contributed by atoms with Crippen molar-refractivity contribution in [3.05, 3.63) is 35.2 Å². The Morgan fingerprint density at radius 1 is 1.42 bits per heavy atom. The van der Waals surface area contributed by atoms with Gasteiger partial charge < -0.3 is 21.4 Å². The highest BCUT2D eigenvalue weighted by Gasteiger charge is 2.54. The molecule has 1 saturated heterocycles. The van der Waals surface area contributed by atoms with E-state index in [0.29, 0.717) is 16.5 Å². The zero-order chi connectivity index (χ0) is 23.7. The number of nitrogens with one attached hydrogen (secondary N) is 1. The summed E-state index contributed by atoms with van der Waals surface area (Å²) in [4.78, 5) is 42.5. The molecule has 0 radical (unpaired) electrons. The van der Waals surface area contributed by atoms with Crippen LogP contribution in [0.2, 0.25) is 0 Å². The first kappa shape index (κ1) is 22.5. The smallest absolute Gasteiger partial charge is 0.352 e. The van der Waals surface area contributed by atoms with Crippen molar-refractivity contribution in [2.75, 3.05) is 17.2 Å². The Labute approximate surface area is 194 Å². The number of β-lactam (4-membered cyclic amide) rings is 1. The highest BCUT2D eigenvalue weighted by atomic mass is 32.2. The average molecular weight is 492 g/mol. The highest BCUT2D eigenvalue weighted by Crippen LogP contribution is 2.41. The summed E-state index contributed by atoms with van der Waals surface area (Å²) in [7, 11) is 1.66. The Kier molecular flexibility index (Phi) is 6.19. The molecule has 1 unspecified atom stereocenters. The number of carbonyl (C=O) groups is 3. The Morgan fingerprint density at radius 3 is 2.85 bits per heavy atom. The third kappa shape index (κ3) is 4.21. The second-order valence-corrected chi connectivity index (χ2v) is 8.94. The van der Waals surface area contributed by atoms with Crippen LogP contribution >= 0.6 is 23.5 Å². The van der Waals surface area contributed by atoms with E-state index >= 15 is 0 Å². The first-order valence-corrected chi connectivity index (χ1v) is 11.4. The van der Waals surface area contributed by atoms with Gasteiger partial charge in [0, 0.05) is 18.6 Å². The number of oxime groups is 1. The van der Waals surface area contributed by atoms with Gasteiger partial charge in [0.25, 0.3) is 11.8 Å². The van der Waals surface area contributed by atoms with Crippen LogP contribution in [0.25, 0.3) is 0 Å². The third-order valence-electron chi connectivity index (χ3n) is 4.82. The van der Waals surface area contributed by atoms with Crippen molar-refractivity contribution in [1.82, 2.24) is 35.4 Å². The van der Waals surface area contributed by atoms with E-state index in [1.54, 1.807) is 7.05 Å². The van der Waals surface area contributed by atoms with E-state index < -0.39 is 34.9 Å². The summed E-state index contributed by atoms with van der Waals surface area (Å²) in [5, 5.41) is 35.5. The lowest BCUT2D eigenvalue weighted by molar-refractivity contribution is -0.150. The molecule has 2 atom stereocenters. The van der Waals surface area contributed by atoms with Gasteiger partial charge in [-0.05, 0) is 28.1 Å². The molecule has 33 heavy (non-hydrogen) atoms. The van der Waals surface area contributed by atoms with E-state index in [-0.39, 0.29) is 23.0 Å². The molecule has 0 spiro atoms. The third-order valence-corrected chi connectivity index (χ3v) is 7.26. The lowest BCUT2D eigenvalue weighted by Crippen LogP contribution is -2.71. The van der Waals surface area contributed by atoms with Gasteiger partial charge in [-0.2, -0.15) is 0 Å². The number of thioether (sulfide) groups is 2. The highest BCUT2D eigenvalue weighted by molar-refractivity contribution is 8.01. The van der Waals surface area contributed by atoms with Gasteiger partial charge in [-0.3, -0.25) is 14.5 Å². The fraction of sp³-hybridized carbons (Fsp3) is 0.294. The molecular formula is C17H17N9O5S2. The van der Waals surface area contributed by atoms with Crippen molar-refractivity contribution in [3.8, 4) is 0 Å². The van der Waals surface area contributed by atoms with Crippen LogP contribution in [-0.2, 0) is 21.4 Å². The maximum atomic E-state index is 12.8. The van der Waals surface area contributed by atoms with Crippen molar-refractivity contribution in [1.29, 1.82) is 0 Å². The number of carboxylic acid groups (broad SMARTS) is 1. The summed E-state index contributed by atoms with van der Waals surface area (Å²) in [5.41, 5.74) is 5.63. The van der Waals surface area contributed by atoms with E-state index in [1.165, 1.54) is 46.4 Å². The number of hydrogen-bond acceptors (Lipinski definition) is 12. The summed E-state index contributed by atoms with van der Waals surface area (Å²) >= 11 is 2.57. The normalized spacial score (nSPS) is 20.3. The number of nitrogen functional groups attached to an aromatic ring is 1. The van der Waals surface area contributed by atoms with Gasteiger partial charge in [-0.1, -0.05) is 23.0 Å². The number of aromatic nitrogens is 5. The van der Waals surface area contributed by atoms with E-state index in [2.05, 4.69) is 31.0 Å². The van der Waals surface area contributed by atoms with Crippen LogP contribution in [0, 0.1) is 0 Å². The first-order chi connectivity index (χ1) is 15.8. The van der Waals surface area contributed by atoms with Gasteiger partial charge in [-0.25, -0.2) is 14.5 Å². The van der Waals surface area contributed by atoms with Crippen molar-refractivity contribution >= 4 is 52.8 Å². The van der Waals surface area contributed by atoms with Gasteiger partial charge in [0.1, 0.15) is 28.6 Å². The molecule has 0 saturated carbocycles. The summed E-state index contributed by atoms with van der Waals surface area (Å²) in [6, 6.07) is 3.46. The maximum Gasteiger partial charge on any atom is 0.352 e. The minimum absolute atomic E-state index is 0.0265. The molecule has 14 nitrogen and oxygen atoms in total. The Hall–Kier alpha value is -3.66. The number of nitrogens with zero attached hydrogens (tertiary/aromatic N) is 7. The number of hydrogen-bond donors (Lipinski definition) is 4. The second-order valence-electron chi connectivity index (χ2n) is 6.89. The van der Waals surface area contributed by atoms with E-state index in [4.69, 9.17) is 5.73 Å². The SMILES string of the molecule is Cn1nnnc1SCC1=C(C(=O)O)N2C(=O)C(NC(=O)C(=NO)c3cccc(N)n3)[C@H]2SC1. The van der Waals surface area contributed by atoms with Gasteiger partial charge in [-0.15, -0.1) is 16.9 Å². The van der Waals surface area contributed by atoms with Gasteiger partial charge >= 0.3 is 5.97 Å². The number of aliphatic carboxylic acids is 1. The van der Waals surface area contributed by atoms with Crippen LogP contribution in [0.4, 0.5) is 5.82 Å². The molecule has 0 aliphatic carbocycles. The number of anilines is 1. The molecule has 16 heteroatoms. The molecule has 4 heterocycles. The monoisotopic (exact) mass is 491 g/mol. The van der Waals surface area contributed by atoms with Crippen molar-refractivity contribution < 1.29 is 24.7 Å². The lowest BCUT2D eigenvalue weighted by atomic mass is 10.0. The van der Waals surface area contributed by atoms with E-state index in [1.807, 2.05) is 0 Å². The standard InChI is InChI=1S/C17H17N9O5S2/c1-25-17(21-23-24-25)33-6-7-5-32-15-11(14(28)26(15)12(7)16(29)30)20-13(27)10(22-31)8-3-2-4-9(18)19-8/h2-4,11,15,31H,5-6H2,1H3,(H2,18,19)(H,20,27)(H,29,30)/t11?,15-/m1/s1. The molecule has 172 valence electrons. The molecule has 5 N–H and O–H groups in total. The first-order valence-electron chi connectivity index (χ1n) is 9.32.